The number of benzene rings is 1. The molecule has 0 aliphatic heterocycles. The van der Waals surface area contributed by atoms with Crippen molar-refractivity contribution in [1.29, 1.82) is 0 Å². The molecular formula is C14H19NO2. The van der Waals surface area contributed by atoms with Gasteiger partial charge in [0.15, 0.2) is 0 Å². The first-order valence-electron chi connectivity index (χ1n) is 5.99. The number of carbonyl (C=O) groups is 1. The Morgan fingerprint density at radius 2 is 1.82 bits per heavy atom. The fourth-order valence-corrected chi connectivity index (χ4v) is 2.23. The van der Waals surface area contributed by atoms with Crippen LogP contribution >= 0.6 is 0 Å². The number of rotatable bonds is 3. The summed E-state index contributed by atoms with van der Waals surface area (Å²) in [5.74, 6) is -0.0462. The molecule has 0 atom stereocenters. The van der Waals surface area contributed by atoms with E-state index in [9.17, 15) is 9.90 Å². The average molecular weight is 233 g/mol. The molecule has 92 valence electrons. The van der Waals surface area contributed by atoms with Crippen LogP contribution in [0, 0.1) is 26.2 Å². The molecule has 0 aromatic heterocycles. The van der Waals surface area contributed by atoms with Crippen LogP contribution in [0.15, 0.2) is 12.1 Å². The minimum absolute atomic E-state index is 0.0462. The van der Waals surface area contributed by atoms with Crippen LogP contribution in [0.4, 0.5) is 5.69 Å². The number of hydrogen-bond donors (Lipinski definition) is 2. The van der Waals surface area contributed by atoms with Gasteiger partial charge in [-0.05, 0) is 44.7 Å². The Balaban J connectivity index is 2.22. The molecule has 0 heterocycles. The van der Waals surface area contributed by atoms with Crippen LogP contribution in [0.5, 0.6) is 0 Å². The zero-order valence-electron chi connectivity index (χ0n) is 10.6. The highest BCUT2D eigenvalue weighted by Crippen LogP contribution is 2.46. The molecule has 0 saturated heterocycles. The predicted molar refractivity (Wildman–Crippen MR) is 68.0 cm³/mol. The third kappa shape index (κ3) is 2.20. The van der Waals surface area contributed by atoms with E-state index in [4.69, 9.17) is 0 Å². The van der Waals surface area contributed by atoms with E-state index < -0.39 is 5.41 Å². The first-order chi connectivity index (χ1) is 7.98. The van der Waals surface area contributed by atoms with E-state index in [2.05, 4.69) is 17.4 Å². The Morgan fingerprint density at radius 1 is 1.29 bits per heavy atom. The number of aliphatic hydroxyl groups excluding tert-OH is 1. The lowest BCUT2D eigenvalue weighted by molar-refractivity contribution is -0.122. The van der Waals surface area contributed by atoms with E-state index in [1.165, 1.54) is 5.56 Å². The van der Waals surface area contributed by atoms with E-state index in [0.717, 1.165) is 29.7 Å². The van der Waals surface area contributed by atoms with Gasteiger partial charge in [0.1, 0.15) is 0 Å². The highest BCUT2D eigenvalue weighted by Gasteiger charge is 2.49. The monoisotopic (exact) mass is 233 g/mol. The standard InChI is InChI=1S/C14H19NO2/c1-9-6-10(2)12(11(3)7-9)15-13(17)14(8-16)4-5-14/h6-7,16H,4-5,8H2,1-3H3,(H,15,17). The summed E-state index contributed by atoms with van der Waals surface area (Å²) in [7, 11) is 0. The van der Waals surface area contributed by atoms with Gasteiger partial charge < -0.3 is 10.4 Å². The topological polar surface area (TPSA) is 49.3 Å². The lowest BCUT2D eigenvalue weighted by Crippen LogP contribution is -2.27. The Bertz CT molecular complexity index is 438. The van der Waals surface area contributed by atoms with Crippen molar-refractivity contribution in [2.75, 3.05) is 11.9 Å². The number of aliphatic hydroxyl groups is 1. The number of hydrogen-bond acceptors (Lipinski definition) is 2. The summed E-state index contributed by atoms with van der Waals surface area (Å²) in [4.78, 5) is 12.0. The molecule has 1 saturated carbocycles. The predicted octanol–water partition coefficient (Wildman–Crippen LogP) is 2.32. The van der Waals surface area contributed by atoms with Crippen LogP contribution in [-0.4, -0.2) is 17.6 Å². The van der Waals surface area contributed by atoms with Crippen LogP contribution in [0.1, 0.15) is 29.5 Å². The van der Waals surface area contributed by atoms with Gasteiger partial charge in [0.25, 0.3) is 0 Å². The van der Waals surface area contributed by atoms with Gasteiger partial charge in [-0.2, -0.15) is 0 Å². The highest BCUT2D eigenvalue weighted by atomic mass is 16.3. The normalized spacial score (nSPS) is 16.7. The fourth-order valence-electron chi connectivity index (χ4n) is 2.23. The molecule has 3 heteroatoms. The van der Waals surface area contributed by atoms with E-state index in [1.54, 1.807) is 0 Å². The summed E-state index contributed by atoms with van der Waals surface area (Å²) in [6.45, 7) is 5.98. The Hall–Kier alpha value is -1.35. The molecule has 0 radical (unpaired) electrons. The van der Waals surface area contributed by atoms with E-state index in [1.807, 2.05) is 20.8 Å². The first-order valence-corrected chi connectivity index (χ1v) is 5.99. The van der Waals surface area contributed by atoms with E-state index >= 15 is 0 Å². The van der Waals surface area contributed by atoms with Crippen LogP contribution < -0.4 is 5.32 Å². The van der Waals surface area contributed by atoms with Crippen LogP contribution in [0.3, 0.4) is 0 Å². The molecule has 0 bridgehead atoms. The number of amides is 1. The number of carbonyl (C=O) groups excluding carboxylic acids is 1. The largest absolute Gasteiger partial charge is 0.395 e. The van der Waals surface area contributed by atoms with Gasteiger partial charge in [0.05, 0.1) is 12.0 Å². The quantitative estimate of drug-likeness (QED) is 0.841. The third-order valence-corrected chi connectivity index (χ3v) is 3.55. The van der Waals surface area contributed by atoms with Crippen molar-refractivity contribution < 1.29 is 9.90 Å². The van der Waals surface area contributed by atoms with Crippen LogP contribution in [0.2, 0.25) is 0 Å². The van der Waals surface area contributed by atoms with Crippen molar-refractivity contribution in [3.8, 4) is 0 Å². The highest BCUT2D eigenvalue weighted by molar-refractivity contribution is 5.98. The molecule has 17 heavy (non-hydrogen) atoms. The second kappa shape index (κ2) is 4.15. The summed E-state index contributed by atoms with van der Waals surface area (Å²) in [6, 6.07) is 4.11. The molecule has 1 fully saturated rings. The number of anilines is 1. The molecule has 0 spiro atoms. The number of aryl methyl sites for hydroxylation is 3. The zero-order chi connectivity index (χ0) is 12.6. The second-order valence-corrected chi connectivity index (χ2v) is 5.17. The maximum absolute atomic E-state index is 12.0. The van der Waals surface area contributed by atoms with Crippen molar-refractivity contribution in [1.82, 2.24) is 0 Å². The summed E-state index contributed by atoms with van der Waals surface area (Å²) in [5.41, 5.74) is 3.72. The third-order valence-electron chi connectivity index (χ3n) is 3.55. The molecule has 0 unspecified atom stereocenters. The Morgan fingerprint density at radius 3 is 2.24 bits per heavy atom. The van der Waals surface area contributed by atoms with Gasteiger partial charge >= 0.3 is 0 Å². The fraction of sp³-hybridized carbons (Fsp3) is 0.500. The van der Waals surface area contributed by atoms with Crippen LogP contribution in [0.25, 0.3) is 0 Å². The maximum Gasteiger partial charge on any atom is 0.232 e. The van der Waals surface area contributed by atoms with Crippen molar-refractivity contribution >= 4 is 11.6 Å². The first kappa shape index (κ1) is 12.1. The minimum Gasteiger partial charge on any atom is -0.395 e. The Kier molecular flexibility index (Phi) is 2.96. The van der Waals surface area contributed by atoms with Crippen LogP contribution in [-0.2, 0) is 4.79 Å². The minimum atomic E-state index is -0.510. The number of nitrogens with one attached hydrogen (secondary N) is 1. The smallest absolute Gasteiger partial charge is 0.232 e. The molecule has 1 aliphatic carbocycles. The zero-order valence-corrected chi connectivity index (χ0v) is 10.6. The molecular weight excluding hydrogens is 214 g/mol. The molecule has 3 nitrogen and oxygen atoms in total. The molecule has 2 N–H and O–H groups in total. The molecule has 1 amide bonds. The maximum atomic E-state index is 12.0. The summed E-state index contributed by atoms with van der Waals surface area (Å²) in [6.07, 6.45) is 1.58. The van der Waals surface area contributed by atoms with Crippen molar-refractivity contribution in [2.24, 2.45) is 5.41 Å². The molecule has 1 aromatic carbocycles. The van der Waals surface area contributed by atoms with Gasteiger partial charge in [0, 0.05) is 5.69 Å². The van der Waals surface area contributed by atoms with Gasteiger partial charge in [-0.25, -0.2) is 0 Å². The van der Waals surface area contributed by atoms with Crippen molar-refractivity contribution in [3.63, 3.8) is 0 Å². The van der Waals surface area contributed by atoms with Crippen molar-refractivity contribution in [3.05, 3.63) is 28.8 Å². The van der Waals surface area contributed by atoms with Gasteiger partial charge in [-0.3, -0.25) is 4.79 Å². The van der Waals surface area contributed by atoms with E-state index in [0.29, 0.717) is 0 Å². The Labute approximate surface area is 102 Å². The van der Waals surface area contributed by atoms with Gasteiger partial charge in [-0.1, -0.05) is 17.7 Å². The molecule has 1 aliphatic rings. The SMILES string of the molecule is Cc1cc(C)c(NC(=O)C2(CO)CC2)c(C)c1. The second-order valence-electron chi connectivity index (χ2n) is 5.17. The lowest BCUT2D eigenvalue weighted by Gasteiger charge is -2.16. The summed E-state index contributed by atoms with van der Waals surface area (Å²) in [5, 5.41) is 12.2. The molecule has 1 aromatic rings. The average Bonchev–Trinajstić information content (AvgIpc) is 3.03. The van der Waals surface area contributed by atoms with E-state index in [-0.39, 0.29) is 12.5 Å². The van der Waals surface area contributed by atoms with Gasteiger partial charge in [0.2, 0.25) is 5.91 Å². The van der Waals surface area contributed by atoms with Gasteiger partial charge in [-0.15, -0.1) is 0 Å². The summed E-state index contributed by atoms with van der Waals surface area (Å²) >= 11 is 0. The lowest BCUT2D eigenvalue weighted by atomic mass is 10.0. The van der Waals surface area contributed by atoms with Crippen molar-refractivity contribution in [2.45, 2.75) is 33.6 Å². The summed E-state index contributed by atoms with van der Waals surface area (Å²) < 4.78 is 0. The molecule has 2 rings (SSSR count).